The van der Waals surface area contributed by atoms with Gasteiger partial charge in [0.25, 0.3) is 0 Å². The van der Waals surface area contributed by atoms with Crippen LogP contribution >= 0.6 is 0 Å². The van der Waals surface area contributed by atoms with E-state index in [9.17, 15) is 9.59 Å². The molecule has 0 spiro atoms. The van der Waals surface area contributed by atoms with Crippen molar-refractivity contribution in [2.24, 2.45) is 17.8 Å². The number of amides is 1. The molecule has 1 amide bonds. The molecule has 0 aromatic heterocycles. The third kappa shape index (κ3) is 3.16. The number of nitrogens with zero attached hydrogens (tertiary/aromatic N) is 1. The third-order valence-corrected chi connectivity index (χ3v) is 5.13. The first-order valence-electron chi connectivity index (χ1n) is 8.24. The minimum atomic E-state index is -0.763. The number of carboxylic acids is 1. The molecule has 4 heteroatoms. The van der Waals surface area contributed by atoms with E-state index >= 15 is 0 Å². The molecule has 0 heterocycles. The summed E-state index contributed by atoms with van der Waals surface area (Å²) in [6.45, 7) is 0.775. The maximum absolute atomic E-state index is 12.9. The summed E-state index contributed by atoms with van der Waals surface area (Å²) in [6, 6.07) is 9.79. The topological polar surface area (TPSA) is 57.6 Å². The van der Waals surface area contributed by atoms with Crippen molar-refractivity contribution < 1.29 is 14.7 Å². The van der Waals surface area contributed by atoms with Gasteiger partial charge in [-0.3, -0.25) is 9.59 Å². The number of carbonyl (C=O) groups is 2. The van der Waals surface area contributed by atoms with Gasteiger partial charge in [0.15, 0.2) is 0 Å². The van der Waals surface area contributed by atoms with Gasteiger partial charge in [0, 0.05) is 18.2 Å². The largest absolute Gasteiger partial charge is 0.481 e. The minimum absolute atomic E-state index is 0.113. The van der Waals surface area contributed by atoms with Crippen molar-refractivity contribution in [1.29, 1.82) is 0 Å². The van der Waals surface area contributed by atoms with Crippen molar-refractivity contribution >= 4 is 17.6 Å². The fourth-order valence-electron chi connectivity index (χ4n) is 3.51. The Kier molecular flexibility index (Phi) is 4.46. The van der Waals surface area contributed by atoms with E-state index in [0.717, 1.165) is 12.2 Å². The number of para-hydroxylation sites is 1. The van der Waals surface area contributed by atoms with Crippen LogP contribution in [-0.4, -0.2) is 23.5 Å². The molecule has 2 fully saturated rings. The van der Waals surface area contributed by atoms with Gasteiger partial charge in [-0.15, -0.1) is 0 Å². The minimum Gasteiger partial charge on any atom is -0.481 e. The van der Waals surface area contributed by atoms with Gasteiger partial charge >= 0.3 is 5.97 Å². The van der Waals surface area contributed by atoms with Crippen molar-refractivity contribution in [1.82, 2.24) is 0 Å². The van der Waals surface area contributed by atoms with Crippen molar-refractivity contribution in [2.75, 3.05) is 11.4 Å². The molecular formula is C18H23NO3. The first kappa shape index (κ1) is 15.1. The van der Waals surface area contributed by atoms with E-state index in [2.05, 4.69) is 0 Å². The molecule has 22 heavy (non-hydrogen) atoms. The molecule has 1 aromatic rings. The van der Waals surface area contributed by atoms with Gasteiger partial charge in [0.2, 0.25) is 5.91 Å². The molecule has 0 radical (unpaired) electrons. The molecular weight excluding hydrogens is 278 g/mol. The number of aliphatic carboxylic acids is 1. The van der Waals surface area contributed by atoms with Gasteiger partial charge in [0.05, 0.1) is 5.92 Å². The maximum Gasteiger partial charge on any atom is 0.306 e. The standard InChI is InChI=1S/C18H23NO3/c20-17(14-9-10-15(11-14)18(21)22)19(12-13-5-4-6-13)16-7-2-1-3-8-16/h1-3,7-8,13-15H,4-6,9-12H2,(H,21,22)/t14-,15+/m0/s1. The summed E-state index contributed by atoms with van der Waals surface area (Å²) in [6.07, 6.45) is 5.45. The highest BCUT2D eigenvalue weighted by Crippen LogP contribution is 2.35. The smallest absolute Gasteiger partial charge is 0.306 e. The number of carbonyl (C=O) groups excluding carboxylic acids is 1. The van der Waals surface area contributed by atoms with E-state index in [-0.39, 0.29) is 17.7 Å². The Morgan fingerprint density at radius 2 is 1.73 bits per heavy atom. The number of rotatable bonds is 5. The Labute approximate surface area is 131 Å². The molecule has 118 valence electrons. The average molecular weight is 301 g/mol. The Bertz CT molecular complexity index is 539. The van der Waals surface area contributed by atoms with Crippen LogP contribution in [0.25, 0.3) is 0 Å². The molecule has 2 saturated carbocycles. The van der Waals surface area contributed by atoms with E-state index in [4.69, 9.17) is 5.11 Å². The van der Waals surface area contributed by atoms with Gasteiger partial charge in [-0.2, -0.15) is 0 Å². The summed E-state index contributed by atoms with van der Waals surface area (Å²) in [4.78, 5) is 25.9. The highest BCUT2D eigenvalue weighted by molar-refractivity contribution is 5.95. The monoisotopic (exact) mass is 301 g/mol. The number of hydrogen-bond acceptors (Lipinski definition) is 2. The quantitative estimate of drug-likeness (QED) is 0.907. The molecule has 3 rings (SSSR count). The SMILES string of the molecule is O=C(O)[C@@H]1CC[C@H](C(=O)N(CC2CCC2)c2ccccc2)C1. The van der Waals surface area contributed by atoms with Gasteiger partial charge in [-0.1, -0.05) is 24.6 Å². The molecule has 2 atom stereocenters. The van der Waals surface area contributed by atoms with Crippen molar-refractivity contribution in [3.63, 3.8) is 0 Å². The fraction of sp³-hybridized carbons (Fsp3) is 0.556. The Balaban J connectivity index is 1.73. The molecule has 2 aliphatic rings. The van der Waals surface area contributed by atoms with Crippen molar-refractivity contribution in [3.05, 3.63) is 30.3 Å². The Hall–Kier alpha value is -1.84. The zero-order chi connectivity index (χ0) is 15.5. The number of anilines is 1. The predicted octanol–water partition coefficient (Wildman–Crippen LogP) is 3.32. The van der Waals surface area contributed by atoms with Crippen molar-refractivity contribution in [3.8, 4) is 0 Å². The van der Waals surface area contributed by atoms with Gasteiger partial charge in [-0.05, 0) is 50.2 Å². The summed E-state index contributed by atoms with van der Waals surface area (Å²) in [5, 5.41) is 9.14. The molecule has 1 N–H and O–H groups in total. The average Bonchev–Trinajstić information content (AvgIpc) is 2.96. The van der Waals surface area contributed by atoms with Crippen LogP contribution in [0.15, 0.2) is 30.3 Å². The van der Waals surface area contributed by atoms with Gasteiger partial charge < -0.3 is 10.0 Å². The van der Waals surface area contributed by atoms with Crippen molar-refractivity contribution in [2.45, 2.75) is 38.5 Å². The zero-order valence-corrected chi connectivity index (χ0v) is 12.8. The van der Waals surface area contributed by atoms with Gasteiger partial charge in [-0.25, -0.2) is 0 Å². The second-order valence-corrected chi connectivity index (χ2v) is 6.63. The second kappa shape index (κ2) is 6.51. The van der Waals surface area contributed by atoms with Crippen LogP contribution < -0.4 is 4.90 Å². The summed E-state index contributed by atoms with van der Waals surface area (Å²) in [7, 11) is 0. The predicted molar refractivity (Wildman–Crippen MR) is 84.6 cm³/mol. The second-order valence-electron chi connectivity index (χ2n) is 6.63. The lowest BCUT2D eigenvalue weighted by Crippen LogP contribution is -2.40. The summed E-state index contributed by atoms with van der Waals surface area (Å²) >= 11 is 0. The molecule has 2 aliphatic carbocycles. The van der Waals surface area contributed by atoms with Crippen LogP contribution in [0.4, 0.5) is 5.69 Å². The lowest BCUT2D eigenvalue weighted by Gasteiger charge is -2.34. The van der Waals surface area contributed by atoms with Crippen LogP contribution in [0.3, 0.4) is 0 Å². The van der Waals surface area contributed by atoms with E-state index in [0.29, 0.717) is 25.2 Å². The number of carboxylic acid groups (broad SMARTS) is 1. The number of benzene rings is 1. The molecule has 1 aromatic carbocycles. The Morgan fingerprint density at radius 3 is 2.27 bits per heavy atom. The Morgan fingerprint density at radius 1 is 1.05 bits per heavy atom. The normalized spacial score (nSPS) is 24.7. The van der Waals surface area contributed by atoms with Crippen LogP contribution in [0.1, 0.15) is 38.5 Å². The lowest BCUT2D eigenvalue weighted by atomic mass is 9.84. The molecule has 0 aliphatic heterocycles. The summed E-state index contributed by atoms with van der Waals surface area (Å²) in [5.74, 6) is -0.542. The highest BCUT2D eigenvalue weighted by Gasteiger charge is 2.37. The van der Waals surface area contributed by atoms with E-state index in [1.54, 1.807) is 0 Å². The highest BCUT2D eigenvalue weighted by atomic mass is 16.4. The molecule has 0 saturated heterocycles. The first-order chi connectivity index (χ1) is 10.6. The fourth-order valence-corrected chi connectivity index (χ4v) is 3.51. The lowest BCUT2D eigenvalue weighted by molar-refractivity contribution is -0.141. The summed E-state index contributed by atoms with van der Waals surface area (Å²) < 4.78 is 0. The third-order valence-electron chi connectivity index (χ3n) is 5.13. The van der Waals surface area contributed by atoms with E-state index in [1.807, 2.05) is 35.2 Å². The van der Waals surface area contributed by atoms with E-state index < -0.39 is 5.97 Å². The van der Waals surface area contributed by atoms with Crippen LogP contribution in [0, 0.1) is 17.8 Å². The zero-order valence-electron chi connectivity index (χ0n) is 12.8. The van der Waals surface area contributed by atoms with E-state index in [1.165, 1.54) is 19.3 Å². The van der Waals surface area contributed by atoms with Crippen LogP contribution in [0.2, 0.25) is 0 Å². The van der Waals surface area contributed by atoms with Crippen LogP contribution in [0.5, 0.6) is 0 Å². The number of hydrogen-bond donors (Lipinski definition) is 1. The maximum atomic E-state index is 12.9. The van der Waals surface area contributed by atoms with Crippen LogP contribution in [-0.2, 0) is 9.59 Å². The van der Waals surface area contributed by atoms with Gasteiger partial charge in [0.1, 0.15) is 0 Å². The summed E-state index contributed by atoms with van der Waals surface area (Å²) in [5.41, 5.74) is 0.943. The molecule has 4 nitrogen and oxygen atoms in total. The molecule has 0 bridgehead atoms. The first-order valence-corrected chi connectivity index (χ1v) is 8.24. The molecule has 0 unspecified atom stereocenters.